The van der Waals surface area contributed by atoms with Crippen LogP contribution < -0.4 is 19.7 Å². The average molecular weight is 396 g/mol. The maximum atomic E-state index is 12.7. The maximum Gasteiger partial charge on any atom is 0.229 e. The lowest BCUT2D eigenvalue weighted by Crippen LogP contribution is -2.28. The Labute approximate surface area is 171 Å². The highest BCUT2D eigenvalue weighted by molar-refractivity contribution is 6.03. The zero-order valence-corrected chi connectivity index (χ0v) is 17.2. The molecule has 0 saturated carbocycles. The molecule has 2 aromatic carbocycles. The lowest BCUT2D eigenvalue weighted by atomic mass is 10.1. The highest BCUT2D eigenvalue weighted by Gasteiger charge is 2.35. The fourth-order valence-electron chi connectivity index (χ4n) is 3.24. The molecule has 0 bridgehead atoms. The second kappa shape index (κ2) is 9.45. The molecule has 6 heteroatoms. The van der Waals surface area contributed by atoms with E-state index in [4.69, 9.17) is 9.47 Å². The van der Waals surface area contributed by atoms with Crippen molar-refractivity contribution in [2.75, 3.05) is 23.4 Å². The minimum absolute atomic E-state index is 0.0516. The van der Waals surface area contributed by atoms with E-state index in [0.717, 1.165) is 17.9 Å². The van der Waals surface area contributed by atoms with Gasteiger partial charge in [-0.3, -0.25) is 9.59 Å². The number of carbonyl (C=O) groups excluding carboxylic acids is 2. The molecule has 3 rings (SSSR count). The van der Waals surface area contributed by atoms with Crippen molar-refractivity contribution in [2.24, 2.45) is 5.92 Å². The van der Waals surface area contributed by atoms with E-state index in [0.29, 0.717) is 24.6 Å². The highest BCUT2D eigenvalue weighted by Crippen LogP contribution is 2.28. The molecule has 1 heterocycles. The predicted molar refractivity (Wildman–Crippen MR) is 114 cm³/mol. The number of hydrogen-bond acceptors (Lipinski definition) is 4. The van der Waals surface area contributed by atoms with Crippen LogP contribution in [0.25, 0.3) is 0 Å². The van der Waals surface area contributed by atoms with Crippen LogP contribution in [-0.4, -0.2) is 31.1 Å². The van der Waals surface area contributed by atoms with Crippen LogP contribution in [0.1, 0.15) is 33.6 Å². The molecule has 1 N–H and O–H groups in total. The summed E-state index contributed by atoms with van der Waals surface area (Å²) in [6.07, 6.45) is 1.19. The summed E-state index contributed by atoms with van der Waals surface area (Å²) in [6.45, 7) is 6.98. The molecule has 0 radical (unpaired) electrons. The number of benzene rings is 2. The largest absolute Gasteiger partial charge is 0.494 e. The first-order chi connectivity index (χ1) is 14.0. The molecule has 29 heavy (non-hydrogen) atoms. The molecule has 154 valence electrons. The summed E-state index contributed by atoms with van der Waals surface area (Å²) in [4.78, 5) is 26.8. The van der Waals surface area contributed by atoms with Gasteiger partial charge in [0.25, 0.3) is 0 Å². The molecule has 6 nitrogen and oxygen atoms in total. The summed E-state index contributed by atoms with van der Waals surface area (Å²) in [5, 5.41) is 2.90. The zero-order valence-electron chi connectivity index (χ0n) is 17.2. The fraction of sp³-hybridized carbons (Fsp3) is 0.391. The molecule has 1 aliphatic heterocycles. The first-order valence-corrected chi connectivity index (χ1v) is 10.1. The van der Waals surface area contributed by atoms with Gasteiger partial charge in [-0.2, -0.15) is 0 Å². The number of carbonyl (C=O) groups is 2. The second-order valence-electron chi connectivity index (χ2n) is 7.43. The van der Waals surface area contributed by atoms with Crippen molar-refractivity contribution < 1.29 is 19.1 Å². The third-order valence-electron chi connectivity index (χ3n) is 4.59. The van der Waals surface area contributed by atoms with Crippen LogP contribution in [0.4, 0.5) is 11.4 Å². The minimum Gasteiger partial charge on any atom is -0.494 e. The number of amides is 2. The monoisotopic (exact) mass is 396 g/mol. The van der Waals surface area contributed by atoms with Gasteiger partial charge in [-0.15, -0.1) is 0 Å². The van der Waals surface area contributed by atoms with Crippen molar-refractivity contribution in [1.29, 1.82) is 0 Å². The summed E-state index contributed by atoms with van der Waals surface area (Å²) < 4.78 is 11.2. The van der Waals surface area contributed by atoms with Crippen molar-refractivity contribution in [3.63, 3.8) is 0 Å². The van der Waals surface area contributed by atoms with E-state index in [-0.39, 0.29) is 24.3 Å². The zero-order chi connectivity index (χ0) is 20.8. The first-order valence-electron chi connectivity index (χ1n) is 10.1. The Morgan fingerprint density at radius 3 is 2.62 bits per heavy atom. The predicted octanol–water partition coefficient (Wildman–Crippen LogP) is 4.25. The molecule has 2 amide bonds. The number of ether oxygens (including phenoxy) is 2. The summed E-state index contributed by atoms with van der Waals surface area (Å²) in [7, 11) is 0. The van der Waals surface area contributed by atoms with E-state index in [1.807, 2.05) is 56.3 Å². The molecule has 0 spiro atoms. The summed E-state index contributed by atoms with van der Waals surface area (Å²) in [5.41, 5.74) is 1.44. The van der Waals surface area contributed by atoms with Crippen molar-refractivity contribution in [1.82, 2.24) is 0 Å². The summed E-state index contributed by atoms with van der Waals surface area (Å²) in [5.74, 6) is 0.871. The van der Waals surface area contributed by atoms with Gasteiger partial charge in [-0.1, -0.05) is 13.0 Å². The van der Waals surface area contributed by atoms with Gasteiger partial charge >= 0.3 is 0 Å². The normalized spacial score (nSPS) is 16.2. The van der Waals surface area contributed by atoms with Gasteiger partial charge in [-0.05, 0) is 56.7 Å². The average Bonchev–Trinajstić information content (AvgIpc) is 3.08. The minimum atomic E-state index is -0.395. The van der Waals surface area contributed by atoms with E-state index < -0.39 is 5.92 Å². The van der Waals surface area contributed by atoms with Crippen LogP contribution in [0.15, 0.2) is 48.5 Å². The van der Waals surface area contributed by atoms with Gasteiger partial charge in [0.05, 0.1) is 18.6 Å². The fourth-order valence-corrected chi connectivity index (χ4v) is 3.24. The Balaban J connectivity index is 1.61. The van der Waals surface area contributed by atoms with Gasteiger partial charge in [0.1, 0.15) is 11.5 Å². The van der Waals surface area contributed by atoms with Crippen LogP contribution in [-0.2, 0) is 9.59 Å². The van der Waals surface area contributed by atoms with Gasteiger partial charge in [0.2, 0.25) is 11.8 Å². The van der Waals surface area contributed by atoms with Gasteiger partial charge in [0.15, 0.2) is 0 Å². The quantitative estimate of drug-likeness (QED) is 0.724. The lowest BCUT2D eigenvalue weighted by molar-refractivity contribution is -0.122. The molecule has 0 aromatic heterocycles. The van der Waals surface area contributed by atoms with Gasteiger partial charge < -0.3 is 19.7 Å². The molecule has 1 atom stereocenters. The van der Waals surface area contributed by atoms with Crippen molar-refractivity contribution >= 4 is 23.2 Å². The van der Waals surface area contributed by atoms with E-state index in [1.54, 1.807) is 11.0 Å². The van der Waals surface area contributed by atoms with E-state index in [2.05, 4.69) is 12.2 Å². The lowest BCUT2D eigenvalue weighted by Gasteiger charge is -2.17. The third kappa shape index (κ3) is 5.50. The molecule has 0 unspecified atom stereocenters. The van der Waals surface area contributed by atoms with Crippen LogP contribution in [0.3, 0.4) is 0 Å². The van der Waals surface area contributed by atoms with E-state index in [1.165, 1.54) is 0 Å². The number of nitrogens with one attached hydrogen (secondary N) is 1. The first kappa shape index (κ1) is 20.7. The summed E-state index contributed by atoms with van der Waals surface area (Å²) in [6, 6.07) is 14.7. The molecular weight excluding hydrogens is 368 g/mol. The Hall–Kier alpha value is -3.02. The molecule has 0 aliphatic carbocycles. The Morgan fingerprint density at radius 1 is 1.17 bits per heavy atom. The Bertz CT molecular complexity index is 848. The van der Waals surface area contributed by atoms with Gasteiger partial charge in [0, 0.05) is 30.4 Å². The Kier molecular flexibility index (Phi) is 6.75. The van der Waals surface area contributed by atoms with Crippen LogP contribution in [0, 0.1) is 5.92 Å². The van der Waals surface area contributed by atoms with E-state index in [9.17, 15) is 9.59 Å². The molecule has 2 aromatic rings. The van der Waals surface area contributed by atoms with Crippen molar-refractivity contribution in [3.05, 3.63) is 48.5 Å². The van der Waals surface area contributed by atoms with Crippen LogP contribution in [0.2, 0.25) is 0 Å². The third-order valence-corrected chi connectivity index (χ3v) is 4.59. The highest BCUT2D eigenvalue weighted by atomic mass is 16.5. The van der Waals surface area contributed by atoms with Gasteiger partial charge in [-0.25, -0.2) is 0 Å². The standard InChI is InChI=1S/C23H28N2O4/c1-4-12-28-20-10-8-19(9-11-20)25-15-17(13-22(25)26)23(27)24-18-6-5-7-21(14-18)29-16(2)3/h5-11,14,16-17H,4,12-13,15H2,1-3H3,(H,24,27)/t17-/m1/s1. The molecule has 1 aliphatic rings. The van der Waals surface area contributed by atoms with E-state index >= 15 is 0 Å². The maximum absolute atomic E-state index is 12.7. The molecule has 1 fully saturated rings. The number of nitrogens with zero attached hydrogens (tertiary/aromatic N) is 1. The number of hydrogen-bond donors (Lipinski definition) is 1. The second-order valence-corrected chi connectivity index (χ2v) is 7.43. The summed E-state index contributed by atoms with van der Waals surface area (Å²) >= 11 is 0. The van der Waals surface area contributed by atoms with Crippen molar-refractivity contribution in [2.45, 2.75) is 39.7 Å². The Morgan fingerprint density at radius 2 is 1.93 bits per heavy atom. The molecular formula is C23H28N2O4. The number of anilines is 2. The topological polar surface area (TPSA) is 67.9 Å². The smallest absolute Gasteiger partial charge is 0.229 e. The number of rotatable bonds is 8. The SMILES string of the molecule is CCCOc1ccc(N2C[C@H](C(=O)Nc3cccc(OC(C)C)c3)CC2=O)cc1. The molecule has 1 saturated heterocycles. The van der Waals surface area contributed by atoms with Crippen LogP contribution in [0.5, 0.6) is 11.5 Å². The van der Waals surface area contributed by atoms with Crippen molar-refractivity contribution in [3.8, 4) is 11.5 Å². The van der Waals surface area contributed by atoms with Crippen LogP contribution >= 0.6 is 0 Å².